The first-order chi connectivity index (χ1) is 15.5. The van der Waals surface area contributed by atoms with Gasteiger partial charge in [-0.25, -0.2) is 0 Å². The van der Waals surface area contributed by atoms with Crippen LogP contribution < -0.4 is 10.6 Å². The van der Waals surface area contributed by atoms with Gasteiger partial charge in [0.2, 0.25) is 5.91 Å². The minimum atomic E-state index is -0.985. The highest BCUT2D eigenvalue weighted by Gasteiger charge is 2.27. The molecule has 0 radical (unpaired) electrons. The molecule has 1 heterocycles. The van der Waals surface area contributed by atoms with E-state index in [0.717, 1.165) is 23.7 Å². The van der Waals surface area contributed by atoms with Crippen molar-refractivity contribution in [2.24, 2.45) is 7.05 Å². The second kappa shape index (κ2) is 13.9. The number of aryl methyl sites for hydroxylation is 1. The van der Waals surface area contributed by atoms with Gasteiger partial charge in [0.15, 0.2) is 0 Å². The van der Waals surface area contributed by atoms with Crippen molar-refractivity contribution in [2.75, 3.05) is 6.54 Å². The fourth-order valence-corrected chi connectivity index (χ4v) is 4.06. The summed E-state index contributed by atoms with van der Waals surface area (Å²) in [6, 6.07) is 8.54. The Balaban J connectivity index is 1.72. The lowest BCUT2D eigenvalue weighted by atomic mass is 10.1. The Bertz CT molecular complexity index is 844. The average molecular weight is 444 g/mol. The topological polar surface area (TPSA) is 83.4 Å². The number of rotatable bonds is 15. The molecular weight excluding hydrogens is 402 g/mol. The zero-order valence-electron chi connectivity index (χ0n) is 20.0. The molecule has 0 saturated carbocycles. The van der Waals surface area contributed by atoms with E-state index in [4.69, 9.17) is 0 Å². The Morgan fingerprint density at radius 2 is 1.56 bits per heavy atom. The van der Waals surface area contributed by atoms with Crippen molar-refractivity contribution in [3.8, 4) is 0 Å². The molecule has 0 fully saturated rings. The predicted octanol–water partition coefficient (Wildman–Crippen LogP) is 4.69. The van der Waals surface area contributed by atoms with Crippen molar-refractivity contribution in [3.05, 3.63) is 36.0 Å². The molecule has 0 saturated heterocycles. The first-order valence-electron chi connectivity index (χ1n) is 12.3. The molecule has 0 bridgehead atoms. The largest absolute Gasteiger partial charge is 0.391 e. The van der Waals surface area contributed by atoms with Crippen molar-refractivity contribution in [1.29, 1.82) is 0 Å². The summed E-state index contributed by atoms with van der Waals surface area (Å²) in [7, 11) is 1.82. The Labute approximate surface area is 192 Å². The van der Waals surface area contributed by atoms with Gasteiger partial charge in [-0.1, -0.05) is 82.9 Å². The summed E-state index contributed by atoms with van der Waals surface area (Å²) in [6.07, 6.45) is 11.4. The van der Waals surface area contributed by atoms with Crippen LogP contribution in [0.25, 0.3) is 10.9 Å². The van der Waals surface area contributed by atoms with E-state index in [0.29, 0.717) is 12.2 Å². The molecule has 0 aliphatic carbocycles. The third-order valence-corrected chi connectivity index (χ3v) is 6.07. The van der Waals surface area contributed by atoms with E-state index in [2.05, 4.69) is 17.6 Å². The minimum absolute atomic E-state index is 0.344. The maximum absolute atomic E-state index is 12.8. The molecule has 2 aromatic rings. The summed E-state index contributed by atoms with van der Waals surface area (Å²) in [5, 5.41) is 16.6. The van der Waals surface area contributed by atoms with Gasteiger partial charge in [-0.2, -0.15) is 0 Å². The van der Waals surface area contributed by atoms with Crippen LogP contribution in [0.4, 0.5) is 0 Å². The number of amides is 2. The molecule has 2 amide bonds. The number of benzene rings is 1. The van der Waals surface area contributed by atoms with Crippen LogP contribution in [0.2, 0.25) is 0 Å². The second-order valence-electron chi connectivity index (χ2n) is 8.81. The third-order valence-electron chi connectivity index (χ3n) is 6.07. The molecular formula is C26H41N3O3. The summed E-state index contributed by atoms with van der Waals surface area (Å²) in [5.41, 5.74) is 1.40. The van der Waals surface area contributed by atoms with Crippen LogP contribution in [-0.4, -0.2) is 40.2 Å². The van der Waals surface area contributed by atoms with Gasteiger partial charge < -0.3 is 20.3 Å². The number of aromatic nitrogens is 1. The molecule has 2 unspecified atom stereocenters. The quantitative estimate of drug-likeness (QED) is 0.349. The van der Waals surface area contributed by atoms with Crippen molar-refractivity contribution in [1.82, 2.24) is 15.2 Å². The molecule has 178 valence electrons. The van der Waals surface area contributed by atoms with Crippen LogP contribution in [0, 0.1) is 0 Å². The molecule has 0 aliphatic heterocycles. The fraction of sp³-hybridized carbons (Fsp3) is 0.615. The van der Waals surface area contributed by atoms with E-state index < -0.39 is 12.1 Å². The average Bonchev–Trinajstić information content (AvgIpc) is 3.12. The Kier molecular flexibility index (Phi) is 11.3. The summed E-state index contributed by atoms with van der Waals surface area (Å²) in [5.74, 6) is -0.716. The normalized spacial score (nSPS) is 13.1. The van der Waals surface area contributed by atoms with E-state index in [1.165, 1.54) is 58.3 Å². The summed E-state index contributed by atoms with van der Waals surface area (Å²) in [4.78, 5) is 25.4. The number of para-hydroxylation sites is 1. The SMILES string of the molecule is CCCCCCCCCCCCNC(=O)C(NC(=O)c1cc2ccccc2n1C)C(C)O. The van der Waals surface area contributed by atoms with Crippen molar-refractivity contribution >= 4 is 22.7 Å². The lowest BCUT2D eigenvalue weighted by molar-refractivity contribution is -0.125. The summed E-state index contributed by atoms with van der Waals surface area (Å²) in [6.45, 7) is 4.32. The summed E-state index contributed by atoms with van der Waals surface area (Å²) >= 11 is 0. The zero-order valence-corrected chi connectivity index (χ0v) is 20.0. The highest BCUT2D eigenvalue weighted by molar-refractivity contribution is 6.00. The number of aliphatic hydroxyl groups excluding tert-OH is 1. The molecule has 6 heteroatoms. The van der Waals surface area contributed by atoms with Gasteiger partial charge in [0.25, 0.3) is 5.91 Å². The first-order valence-corrected chi connectivity index (χ1v) is 12.3. The Hall–Kier alpha value is -2.34. The van der Waals surface area contributed by atoms with Crippen LogP contribution in [-0.2, 0) is 11.8 Å². The smallest absolute Gasteiger partial charge is 0.268 e. The number of aliphatic hydroxyl groups is 1. The number of unbranched alkanes of at least 4 members (excludes halogenated alkanes) is 9. The molecule has 2 rings (SSSR count). The molecule has 0 spiro atoms. The Morgan fingerprint density at radius 1 is 0.969 bits per heavy atom. The lowest BCUT2D eigenvalue weighted by Gasteiger charge is -2.21. The molecule has 1 aromatic carbocycles. The van der Waals surface area contributed by atoms with Crippen molar-refractivity contribution in [3.63, 3.8) is 0 Å². The number of nitrogens with one attached hydrogen (secondary N) is 2. The van der Waals surface area contributed by atoms with E-state index in [-0.39, 0.29) is 11.8 Å². The predicted molar refractivity (Wildman–Crippen MR) is 131 cm³/mol. The van der Waals surface area contributed by atoms with Crippen LogP contribution in [0.1, 0.15) is 88.5 Å². The monoisotopic (exact) mass is 443 g/mol. The van der Waals surface area contributed by atoms with Gasteiger partial charge in [0, 0.05) is 24.5 Å². The first kappa shape index (κ1) is 25.9. The number of hydrogen-bond donors (Lipinski definition) is 3. The van der Waals surface area contributed by atoms with Gasteiger partial charge in [-0.05, 0) is 25.5 Å². The van der Waals surface area contributed by atoms with Crippen molar-refractivity contribution < 1.29 is 14.7 Å². The van der Waals surface area contributed by atoms with Gasteiger partial charge >= 0.3 is 0 Å². The summed E-state index contributed by atoms with van der Waals surface area (Å²) < 4.78 is 1.80. The number of nitrogens with zero attached hydrogens (tertiary/aromatic N) is 1. The third kappa shape index (κ3) is 7.97. The highest BCUT2D eigenvalue weighted by atomic mass is 16.3. The van der Waals surface area contributed by atoms with Gasteiger partial charge in [0.05, 0.1) is 6.10 Å². The van der Waals surface area contributed by atoms with Crippen LogP contribution in [0.15, 0.2) is 30.3 Å². The molecule has 6 nitrogen and oxygen atoms in total. The molecule has 1 aromatic heterocycles. The molecule has 32 heavy (non-hydrogen) atoms. The fourth-order valence-electron chi connectivity index (χ4n) is 4.06. The standard InChI is InChI=1S/C26H41N3O3/c1-4-5-6-7-8-9-10-11-12-15-18-27-26(32)24(20(2)30)28-25(31)23-19-21-16-13-14-17-22(21)29(23)3/h13-14,16-17,19-20,24,30H,4-12,15,18H2,1-3H3,(H,27,32)(H,28,31). The lowest BCUT2D eigenvalue weighted by Crippen LogP contribution is -2.52. The van der Waals surface area contributed by atoms with E-state index in [1.54, 1.807) is 10.6 Å². The molecule has 0 aliphatic rings. The molecule has 3 N–H and O–H groups in total. The number of carbonyl (C=O) groups excluding carboxylic acids is 2. The van der Waals surface area contributed by atoms with Gasteiger partial charge in [-0.15, -0.1) is 0 Å². The van der Waals surface area contributed by atoms with Gasteiger partial charge in [0.1, 0.15) is 11.7 Å². The van der Waals surface area contributed by atoms with Crippen LogP contribution in [0.3, 0.4) is 0 Å². The number of hydrogen-bond acceptors (Lipinski definition) is 3. The number of carbonyl (C=O) groups is 2. The zero-order chi connectivity index (χ0) is 23.3. The maximum atomic E-state index is 12.8. The molecule has 2 atom stereocenters. The minimum Gasteiger partial charge on any atom is -0.391 e. The maximum Gasteiger partial charge on any atom is 0.268 e. The number of fused-ring (bicyclic) bond motifs is 1. The van der Waals surface area contributed by atoms with E-state index in [9.17, 15) is 14.7 Å². The van der Waals surface area contributed by atoms with Crippen LogP contribution >= 0.6 is 0 Å². The van der Waals surface area contributed by atoms with Crippen molar-refractivity contribution in [2.45, 2.75) is 90.2 Å². The van der Waals surface area contributed by atoms with Gasteiger partial charge in [-0.3, -0.25) is 9.59 Å². The van der Waals surface area contributed by atoms with E-state index in [1.807, 2.05) is 31.3 Å². The Morgan fingerprint density at radius 3 is 2.16 bits per heavy atom. The highest BCUT2D eigenvalue weighted by Crippen LogP contribution is 2.18. The van der Waals surface area contributed by atoms with E-state index >= 15 is 0 Å². The second-order valence-corrected chi connectivity index (χ2v) is 8.81. The van der Waals surface area contributed by atoms with Crippen LogP contribution in [0.5, 0.6) is 0 Å².